The van der Waals surface area contributed by atoms with Gasteiger partial charge in [0.05, 0.1) is 12.0 Å². The van der Waals surface area contributed by atoms with Crippen molar-refractivity contribution < 1.29 is 4.79 Å². The van der Waals surface area contributed by atoms with E-state index in [0.29, 0.717) is 6.54 Å². The first-order valence-corrected chi connectivity index (χ1v) is 9.33. The number of imidazole rings is 1. The molecule has 0 atom stereocenters. The molecule has 8 heteroatoms. The summed E-state index contributed by atoms with van der Waals surface area (Å²) in [6.07, 6.45) is 1.43. The predicted octanol–water partition coefficient (Wildman–Crippen LogP) is 1.64. The molecule has 0 N–H and O–H groups in total. The number of nitrogens with zero attached hydrogens (tertiary/aromatic N) is 5. The van der Waals surface area contributed by atoms with Crippen LogP contribution in [0.2, 0.25) is 0 Å². The molecule has 0 spiro atoms. The first-order valence-electron chi connectivity index (χ1n) is 9.33. The molecule has 4 rings (SSSR count). The lowest BCUT2D eigenvalue weighted by molar-refractivity contribution is -0.119. The normalized spacial score (nSPS) is 11.3. The van der Waals surface area contributed by atoms with Crippen LogP contribution in [0.4, 0.5) is 5.69 Å². The van der Waals surface area contributed by atoms with Crippen LogP contribution >= 0.6 is 0 Å². The fraction of sp³-hybridized carbons (Fsp3) is 0.238. The van der Waals surface area contributed by atoms with E-state index >= 15 is 0 Å². The summed E-state index contributed by atoms with van der Waals surface area (Å²) >= 11 is 0. The third kappa shape index (κ3) is 2.93. The molecule has 0 aliphatic heterocycles. The number of amides is 1. The molecular formula is C21H21N5O3. The van der Waals surface area contributed by atoms with E-state index in [1.165, 1.54) is 22.5 Å². The van der Waals surface area contributed by atoms with Crippen LogP contribution in [0.3, 0.4) is 0 Å². The summed E-state index contributed by atoms with van der Waals surface area (Å²) in [5, 5.41) is 2.03. The van der Waals surface area contributed by atoms with Crippen molar-refractivity contribution in [1.29, 1.82) is 0 Å². The summed E-state index contributed by atoms with van der Waals surface area (Å²) in [5.74, 6) is -0.168. The lowest BCUT2D eigenvalue weighted by Crippen LogP contribution is -2.38. The average Bonchev–Trinajstić information content (AvgIpc) is 3.15. The number of likely N-dealkylation sites (N-methyl/N-ethyl adjacent to an activating group) is 1. The topological polar surface area (TPSA) is 82.1 Å². The number of fused-ring (bicyclic) bond motifs is 2. The van der Waals surface area contributed by atoms with Gasteiger partial charge in [-0.1, -0.05) is 36.4 Å². The van der Waals surface area contributed by atoms with E-state index in [0.717, 1.165) is 21.0 Å². The van der Waals surface area contributed by atoms with Crippen LogP contribution in [-0.4, -0.2) is 31.1 Å². The summed E-state index contributed by atoms with van der Waals surface area (Å²) < 4.78 is 3.83. The molecular weight excluding hydrogens is 370 g/mol. The lowest BCUT2D eigenvalue weighted by Gasteiger charge is -2.23. The maximum atomic E-state index is 13.2. The van der Waals surface area contributed by atoms with Crippen molar-refractivity contribution in [1.82, 2.24) is 18.7 Å². The Labute approximate surface area is 166 Å². The molecule has 0 bridgehead atoms. The minimum absolute atomic E-state index is 0.0546. The van der Waals surface area contributed by atoms with Gasteiger partial charge in [-0.05, 0) is 18.4 Å². The number of aromatic nitrogens is 4. The highest BCUT2D eigenvalue weighted by Gasteiger charge is 2.20. The largest absolute Gasteiger partial charge is 0.332 e. The van der Waals surface area contributed by atoms with Gasteiger partial charge >= 0.3 is 5.69 Å². The van der Waals surface area contributed by atoms with Gasteiger partial charge in [-0.3, -0.25) is 18.7 Å². The number of carbonyl (C=O) groups excluding carboxylic acids is 1. The average molecular weight is 391 g/mol. The van der Waals surface area contributed by atoms with Crippen molar-refractivity contribution in [2.24, 2.45) is 14.1 Å². The third-order valence-corrected chi connectivity index (χ3v) is 5.20. The van der Waals surface area contributed by atoms with Crippen molar-refractivity contribution in [3.63, 3.8) is 0 Å². The van der Waals surface area contributed by atoms with Crippen LogP contribution in [0, 0.1) is 0 Å². The van der Waals surface area contributed by atoms with Crippen LogP contribution < -0.4 is 16.1 Å². The SMILES string of the molecule is CCN(C(=O)Cn1cnc2c1c(=O)n(C)c(=O)n2C)c1cccc2ccccc12. The molecule has 1 amide bonds. The van der Waals surface area contributed by atoms with E-state index in [-0.39, 0.29) is 23.6 Å². The standard InChI is InChI=1S/C21H21N5O3/c1-4-26(16-11-7-9-14-8-5-6-10-15(14)16)17(27)12-25-13-22-19-18(25)20(28)24(3)21(29)23(19)2/h5-11,13H,4,12H2,1-3H3. The van der Waals surface area contributed by atoms with Crippen LogP contribution in [0.25, 0.3) is 21.9 Å². The zero-order valence-electron chi connectivity index (χ0n) is 16.5. The molecule has 0 aliphatic carbocycles. The second-order valence-corrected chi connectivity index (χ2v) is 6.89. The summed E-state index contributed by atoms with van der Waals surface area (Å²) in [6, 6.07) is 13.7. The predicted molar refractivity (Wildman–Crippen MR) is 112 cm³/mol. The lowest BCUT2D eigenvalue weighted by atomic mass is 10.1. The molecule has 4 aromatic rings. The summed E-state index contributed by atoms with van der Waals surface area (Å²) in [6.45, 7) is 2.34. The summed E-state index contributed by atoms with van der Waals surface area (Å²) in [4.78, 5) is 43.8. The summed E-state index contributed by atoms with van der Waals surface area (Å²) in [5.41, 5.74) is 0.392. The molecule has 2 aromatic carbocycles. The van der Waals surface area contributed by atoms with E-state index in [1.54, 1.807) is 11.9 Å². The molecule has 0 fully saturated rings. The van der Waals surface area contributed by atoms with E-state index in [1.807, 2.05) is 49.4 Å². The van der Waals surface area contributed by atoms with Crippen molar-refractivity contribution >= 4 is 33.5 Å². The quantitative estimate of drug-likeness (QED) is 0.530. The van der Waals surface area contributed by atoms with E-state index in [9.17, 15) is 14.4 Å². The van der Waals surface area contributed by atoms with Gasteiger partial charge in [0.2, 0.25) is 5.91 Å². The Morgan fingerprint density at radius 1 is 1.03 bits per heavy atom. The fourth-order valence-electron chi connectivity index (χ4n) is 3.67. The Morgan fingerprint density at radius 2 is 1.76 bits per heavy atom. The molecule has 8 nitrogen and oxygen atoms in total. The molecule has 148 valence electrons. The minimum Gasteiger partial charge on any atom is -0.315 e. The molecule has 2 aromatic heterocycles. The molecule has 2 heterocycles. The Morgan fingerprint density at radius 3 is 2.52 bits per heavy atom. The Kier molecular flexibility index (Phi) is 4.54. The first-order chi connectivity index (χ1) is 13.9. The van der Waals surface area contributed by atoms with Gasteiger partial charge in [-0.15, -0.1) is 0 Å². The highest BCUT2D eigenvalue weighted by molar-refractivity contribution is 6.03. The Balaban J connectivity index is 1.77. The van der Waals surface area contributed by atoms with Crippen LogP contribution in [-0.2, 0) is 25.4 Å². The smallest absolute Gasteiger partial charge is 0.315 e. The molecule has 0 aliphatic rings. The Hall–Kier alpha value is -3.68. The monoisotopic (exact) mass is 391 g/mol. The van der Waals surface area contributed by atoms with Gasteiger partial charge in [0.1, 0.15) is 6.54 Å². The number of hydrogen-bond acceptors (Lipinski definition) is 4. The van der Waals surface area contributed by atoms with Crippen molar-refractivity contribution in [2.75, 3.05) is 11.4 Å². The molecule has 0 saturated carbocycles. The van der Waals surface area contributed by atoms with Crippen LogP contribution in [0.15, 0.2) is 58.4 Å². The number of hydrogen-bond donors (Lipinski definition) is 0. The number of benzene rings is 2. The van der Waals surface area contributed by atoms with Crippen LogP contribution in [0.1, 0.15) is 6.92 Å². The maximum Gasteiger partial charge on any atom is 0.332 e. The molecule has 0 unspecified atom stereocenters. The second kappa shape index (κ2) is 7.05. The molecule has 0 saturated heterocycles. The number of aryl methyl sites for hydroxylation is 1. The second-order valence-electron chi connectivity index (χ2n) is 6.89. The van der Waals surface area contributed by atoms with Gasteiger partial charge in [-0.25, -0.2) is 9.78 Å². The highest BCUT2D eigenvalue weighted by atomic mass is 16.2. The van der Waals surface area contributed by atoms with Crippen molar-refractivity contribution in [3.8, 4) is 0 Å². The van der Waals surface area contributed by atoms with Crippen molar-refractivity contribution in [2.45, 2.75) is 13.5 Å². The highest BCUT2D eigenvalue weighted by Crippen LogP contribution is 2.27. The third-order valence-electron chi connectivity index (χ3n) is 5.20. The van der Waals surface area contributed by atoms with Crippen molar-refractivity contribution in [3.05, 3.63) is 69.6 Å². The van der Waals surface area contributed by atoms with Gasteiger partial charge in [0.15, 0.2) is 11.2 Å². The maximum absolute atomic E-state index is 13.2. The number of carbonyl (C=O) groups is 1. The Bertz CT molecular complexity index is 1360. The summed E-state index contributed by atoms with van der Waals surface area (Å²) in [7, 11) is 2.97. The van der Waals surface area contributed by atoms with Crippen LogP contribution in [0.5, 0.6) is 0 Å². The molecule has 29 heavy (non-hydrogen) atoms. The van der Waals surface area contributed by atoms with E-state index < -0.39 is 11.2 Å². The minimum atomic E-state index is -0.471. The van der Waals surface area contributed by atoms with Gasteiger partial charge < -0.3 is 9.47 Å². The number of rotatable bonds is 4. The van der Waals surface area contributed by atoms with Gasteiger partial charge in [0, 0.05) is 26.0 Å². The van der Waals surface area contributed by atoms with Gasteiger partial charge in [0.25, 0.3) is 5.56 Å². The first kappa shape index (κ1) is 18.7. The number of anilines is 1. The zero-order chi connectivity index (χ0) is 20.7. The van der Waals surface area contributed by atoms with Gasteiger partial charge in [-0.2, -0.15) is 0 Å². The van der Waals surface area contributed by atoms with E-state index in [2.05, 4.69) is 4.98 Å². The van der Waals surface area contributed by atoms with E-state index in [4.69, 9.17) is 0 Å². The fourth-order valence-corrected chi connectivity index (χ4v) is 3.67. The molecule has 0 radical (unpaired) electrons. The zero-order valence-corrected chi connectivity index (χ0v) is 16.5.